The molecule has 4 rings (SSSR count). The average Bonchev–Trinajstić information content (AvgIpc) is 3.29. The predicted octanol–water partition coefficient (Wildman–Crippen LogP) is 4.91. The minimum absolute atomic E-state index is 0.245. The highest BCUT2D eigenvalue weighted by molar-refractivity contribution is 8.00. The van der Waals surface area contributed by atoms with Crippen LogP contribution in [-0.4, -0.2) is 69.2 Å². The van der Waals surface area contributed by atoms with Crippen LogP contribution in [0, 0.1) is 5.95 Å². The van der Waals surface area contributed by atoms with E-state index in [4.69, 9.17) is 4.98 Å². The number of pyridine rings is 1. The molecule has 1 aromatic carbocycles. The number of rotatable bonds is 15. The van der Waals surface area contributed by atoms with Crippen molar-refractivity contribution >= 4 is 41.3 Å². The topological polar surface area (TPSA) is 98.6 Å². The molecule has 1 fully saturated rings. The van der Waals surface area contributed by atoms with Crippen LogP contribution in [0.15, 0.2) is 58.8 Å². The second kappa shape index (κ2) is 15.2. The fraction of sp³-hybridized carbons (Fsp3) is 0.429. The van der Waals surface area contributed by atoms with Crippen LogP contribution in [0.3, 0.4) is 0 Å². The van der Waals surface area contributed by atoms with Crippen molar-refractivity contribution in [3.63, 3.8) is 0 Å². The van der Waals surface area contributed by atoms with Gasteiger partial charge in [-0.25, -0.2) is 28.5 Å². The summed E-state index contributed by atoms with van der Waals surface area (Å²) in [4.78, 5) is 13.3. The van der Waals surface area contributed by atoms with Gasteiger partial charge < -0.3 is 10.0 Å². The molecule has 12 heteroatoms. The second-order valence-electron chi connectivity index (χ2n) is 9.66. The number of halogens is 1. The summed E-state index contributed by atoms with van der Waals surface area (Å²) in [5.41, 5.74) is 2.88. The van der Waals surface area contributed by atoms with Crippen molar-refractivity contribution in [1.82, 2.24) is 24.6 Å². The van der Waals surface area contributed by atoms with Gasteiger partial charge in [0, 0.05) is 44.4 Å². The molecule has 0 bridgehead atoms. The van der Waals surface area contributed by atoms with Gasteiger partial charge in [-0.3, -0.25) is 0 Å². The first kappa shape index (κ1) is 30.0. The number of hydrazone groups is 1. The Morgan fingerprint density at radius 1 is 1.18 bits per heavy atom. The standard InChI is InChI=1S/C28H37FN8OS2/c1-30-37(3)28-27(34-25(20-32-28)35-39-26-15-10-14-24(29)33-26)23-13-8-7-12-21(23)11-6-4-5-9-17-31-19-22-16-18-36(2)40(22)38/h7-8,10,12-15,20,22,31H,1,4-6,9,11,16-19H2,2-3H3,(H,34,35). The molecule has 2 unspecified atom stereocenters. The summed E-state index contributed by atoms with van der Waals surface area (Å²) in [6.45, 7) is 6.34. The van der Waals surface area contributed by atoms with Crippen LogP contribution in [0.1, 0.15) is 37.7 Å². The van der Waals surface area contributed by atoms with Crippen molar-refractivity contribution < 1.29 is 8.60 Å². The van der Waals surface area contributed by atoms with E-state index >= 15 is 0 Å². The molecular formula is C28H37FN8OS2. The zero-order valence-electron chi connectivity index (χ0n) is 23.1. The number of nitrogens with zero attached hydrogens (tertiary/aromatic N) is 6. The molecule has 1 saturated heterocycles. The summed E-state index contributed by atoms with van der Waals surface area (Å²) < 4.78 is 30.7. The summed E-state index contributed by atoms with van der Waals surface area (Å²) in [6, 6.07) is 12.9. The van der Waals surface area contributed by atoms with Gasteiger partial charge in [0.2, 0.25) is 5.95 Å². The normalized spacial score (nSPS) is 17.2. The van der Waals surface area contributed by atoms with Gasteiger partial charge in [-0.05, 0) is 57.0 Å². The maximum absolute atomic E-state index is 13.5. The van der Waals surface area contributed by atoms with Gasteiger partial charge >= 0.3 is 0 Å². The summed E-state index contributed by atoms with van der Waals surface area (Å²) in [7, 11) is 2.87. The lowest BCUT2D eigenvalue weighted by molar-refractivity contribution is 0.551. The molecule has 40 heavy (non-hydrogen) atoms. The van der Waals surface area contributed by atoms with Crippen LogP contribution in [0.2, 0.25) is 0 Å². The van der Waals surface area contributed by atoms with E-state index in [0.717, 1.165) is 63.7 Å². The smallest absolute Gasteiger partial charge is 0.213 e. The van der Waals surface area contributed by atoms with E-state index in [1.165, 1.54) is 23.6 Å². The van der Waals surface area contributed by atoms with E-state index in [-0.39, 0.29) is 5.25 Å². The Hall–Kier alpha value is -2.93. The molecule has 9 nitrogen and oxygen atoms in total. The quantitative estimate of drug-likeness (QED) is 0.0855. The first-order valence-corrected chi connectivity index (χ1v) is 15.5. The summed E-state index contributed by atoms with van der Waals surface area (Å²) in [5.74, 6) is 0.595. The molecule has 2 N–H and O–H groups in total. The Morgan fingerprint density at radius 3 is 2.77 bits per heavy atom. The molecule has 0 spiro atoms. The highest BCUT2D eigenvalue weighted by Crippen LogP contribution is 2.32. The lowest BCUT2D eigenvalue weighted by Crippen LogP contribution is -2.30. The number of aromatic nitrogens is 3. The van der Waals surface area contributed by atoms with Gasteiger partial charge in [-0.15, -0.1) is 0 Å². The first-order valence-electron chi connectivity index (χ1n) is 13.5. The highest BCUT2D eigenvalue weighted by Gasteiger charge is 2.27. The zero-order valence-corrected chi connectivity index (χ0v) is 24.7. The molecule has 0 aliphatic carbocycles. The number of benzene rings is 1. The third-order valence-corrected chi connectivity index (χ3v) is 9.29. The fourth-order valence-corrected chi connectivity index (χ4v) is 6.51. The molecule has 0 saturated carbocycles. The van der Waals surface area contributed by atoms with Crippen molar-refractivity contribution in [2.45, 2.75) is 48.8 Å². The van der Waals surface area contributed by atoms with E-state index in [1.807, 2.05) is 23.5 Å². The number of anilines is 2. The van der Waals surface area contributed by atoms with Crippen molar-refractivity contribution in [3.8, 4) is 11.3 Å². The minimum Gasteiger partial charge on any atom is -0.315 e. The van der Waals surface area contributed by atoms with E-state index in [9.17, 15) is 8.60 Å². The SMILES string of the molecule is C=NN(C)c1ncc(NSc2cccc(F)n2)nc1-c1ccccc1CCCCCCNCC1CCN(C)S1=O. The summed E-state index contributed by atoms with van der Waals surface area (Å²) >= 11 is 1.17. The monoisotopic (exact) mass is 584 g/mol. The van der Waals surface area contributed by atoms with Crippen LogP contribution in [-0.2, 0) is 17.4 Å². The Labute approximate surface area is 242 Å². The Kier molecular flexibility index (Phi) is 11.4. The molecule has 2 atom stereocenters. The average molecular weight is 585 g/mol. The van der Waals surface area contributed by atoms with E-state index in [1.54, 1.807) is 30.4 Å². The molecule has 0 amide bonds. The van der Waals surface area contributed by atoms with E-state index < -0.39 is 16.9 Å². The fourth-order valence-electron chi connectivity index (χ4n) is 4.56. The van der Waals surface area contributed by atoms with Gasteiger partial charge in [-0.1, -0.05) is 43.2 Å². The Bertz CT molecular complexity index is 1300. The molecule has 1 aliphatic heterocycles. The zero-order chi connectivity index (χ0) is 28.3. The van der Waals surface area contributed by atoms with Gasteiger partial charge in [0.05, 0.1) is 22.4 Å². The van der Waals surface area contributed by atoms with E-state index in [0.29, 0.717) is 22.4 Å². The molecule has 2 aromatic heterocycles. The van der Waals surface area contributed by atoms with Gasteiger partial charge in [0.15, 0.2) is 11.6 Å². The number of hydrogen-bond donors (Lipinski definition) is 2. The maximum atomic E-state index is 13.5. The molecule has 214 valence electrons. The van der Waals surface area contributed by atoms with Crippen molar-refractivity contribution in [2.24, 2.45) is 5.10 Å². The maximum Gasteiger partial charge on any atom is 0.213 e. The Morgan fingerprint density at radius 2 is 2.00 bits per heavy atom. The Balaban J connectivity index is 1.34. The minimum atomic E-state index is -0.846. The molecule has 0 radical (unpaired) electrons. The van der Waals surface area contributed by atoms with Crippen LogP contribution < -0.4 is 15.0 Å². The summed E-state index contributed by atoms with van der Waals surface area (Å²) in [6.07, 6.45) is 7.97. The first-order chi connectivity index (χ1) is 19.5. The lowest BCUT2D eigenvalue weighted by Gasteiger charge is -2.18. The number of aryl methyl sites for hydroxylation is 1. The van der Waals surface area contributed by atoms with Gasteiger partial charge in [0.25, 0.3) is 0 Å². The number of nitrogens with one attached hydrogen (secondary N) is 2. The van der Waals surface area contributed by atoms with Crippen LogP contribution in [0.5, 0.6) is 0 Å². The molecular weight excluding hydrogens is 547 g/mol. The predicted molar refractivity (Wildman–Crippen MR) is 163 cm³/mol. The van der Waals surface area contributed by atoms with Crippen molar-refractivity contribution in [2.75, 3.05) is 43.5 Å². The lowest BCUT2D eigenvalue weighted by atomic mass is 9.98. The molecule has 3 heterocycles. The van der Waals surface area contributed by atoms with Crippen LogP contribution in [0.25, 0.3) is 11.3 Å². The van der Waals surface area contributed by atoms with E-state index in [2.05, 4.69) is 44.0 Å². The summed E-state index contributed by atoms with van der Waals surface area (Å²) in [5, 5.41) is 9.86. The molecule has 3 aromatic rings. The largest absolute Gasteiger partial charge is 0.315 e. The van der Waals surface area contributed by atoms with Crippen molar-refractivity contribution in [3.05, 3.63) is 60.2 Å². The van der Waals surface area contributed by atoms with Gasteiger partial charge in [-0.2, -0.15) is 9.49 Å². The third kappa shape index (κ3) is 8.29. The van der Waals surface area contributed by atoms with Gasteiger partial charge in [0.1, 0.15) is 10.7 Å². The highest BCUT2D eigenvalue weighted by atomic mass is 32.2. The molecule has 1 aliphatic rings. The number of hydrogen-bond acceptors (Lipinski definition) is 9. The van der Waals surface area contributed by atoms with Crippen LogP contribution >= 0.6 is 11.9 Å². The third-order valence-electron chi connectivity index (χ3n) is 6.77. The van der Waals surface area contributed by atoms with Crippen molar-refractivity contribution in [1.29, 1.82) is 0 Å². The number of unbranched alkanes of at least 4 members (excludes halogenated alkanes) is 3. The second-order valence-corrected chi connectivity index (χ2v) is 12.3. The van der Waals surface area contributed by atoms with Crippen LogP contribution in [0.4, 0.5) is 16.0 Å².